The van der Waals surface area contributed by atoms with Gasteiger partial charge in [0, 0.05) is 39.6 Å². The fraction of sp³-hybridized carbons (Fsp3) is 1.00. The zero-order chi connectivity index (χ0) is 19.8. The summed E-state index contributed by atoms with van der Waals surface area (Å²) in [7, 11) is 0. The third kappa shape index (κ3) is 22.0. The van der Waals surface area contributed by atoms with Crippen LogP contribution in [0.2, 0.25) is 0 Å². The highest BCUT2D eigenvalue weighted by atomic mass is 16.5. The lowest BCUT2D eigenvalue weighted by atomic mass is 10.0. The molecule has 0 aromatic carbocycles. The normalized spacial score (nSPS) is 11.6. The molecule has 164 valence electrons. The first kappa shape index (κ1) is 26.9. The molecule has 0 aromatic rings. The van der Waals surface area contributed by atoms with Crippen LogP contribution in [0.1, 0.15) is 111 Å². The Morgan fingerprint density at radius 2 is 0.852 bits per heavy atom. The molecule has 0 bridgehead atoms. The van der Waals surface area contributed by atoms with Gasteiger partial charge in [-0.3, -0.25) is 0 Å². The molecule has 27 heavy (non-hydrogen) atoms. The molecule has 0 rings (SSSR count). The van der Waals surface area contributed by atoms with Crippen molar-refractivity contribution >= 4 is 0 Å². The molecule has 0 aliphatic carbocycles. The second-order valence-electron chi connectivity index (χ2n) is 7.93. The van der Waals surface area contributed by atoms with E-state index in [4.69, 9.17) is 14.2 Å². The van der Waals surface area contributed by atoms with Gasteiger partial charge in [-0.25, -0.2) is 0 Å². The van der Waals surface area contributed by atoms with Gasteiger partial charge in [0.15, 0.2) is 0 Å². The lowest BCUT2D eigenvalue weighted by molar-refractivity contribution is 0.0466. The van der Waals surface area contributed by atoms with E-state index in [1.54, 1.807) is 0 Å². The predicted molar refractivity (Wildman–Crippen MR) is 118 cm³/mol. The number of hydrogen-bond donors (Lipinski definition) is 0. The van der Waals surface area contributed by atoms with Crippen LogP contribution in [0.25, 0.3) is 0 Å². The summed E-state index contributed by atoms with van der Waals surface area (Å²) in [6.45, 7) is 12.1. The summed E-state index contributed by atoms with van der Waals surface area (Å²) in [5.74, 6) is 0.572. The Labute approximate surface area is 170 Å². The van der Waals surface area contributed by atoms with E-state index in [-0.39, 0.29) is 0 Å². The molecule has 0 amide bonds. The van der Waals surface area contributed by atoms with Gasteiger partial charge < -0.3 is 14.2 Å². The first-order valence-electron chi connectivity index (χ1n) is 12.1. The van der Waals surface area contributed by atoms with Crippen LogP contribution in [0.3, 0.4) is 0 Å². The van der Waals surface area contributed by atoms with Crippen molar-refractivity contribution in [3.63, 3.8) is 0 Å². The third-order valence-corrected chi connectivity index (χ3v) is 5.12. The summed E-state index contributed by atoms with van der Waals surface area (Å²) >= 11 is 0. The van der Waals surface area contributed by atoms with E-state index in [2.05, 4.69) is 20.8 Å². The van der Waals surface area contributed by atoms with Crippen molar-refractivity contribution < 1.29 is 14.2 Å². The van der Waals surface area contributed by atoms with Crippen molar-refractivity contribution in [2.75, 3.05) is 39.6 Å². The zero-order valence-electron chi connectivity index (χ0n) is 18.9. The molecule has 0 saturated heterocycles. The van der Waals surface area contributed by atoms with Crippen molar-refractivity contribution in [1.29, 1.82) is 0 Å². The average Bonchev–Trinajstić information content (AvgIpc) is 2.68. The van der Waals surface area contributed by atoms with Gasteiger partial charge in [0.1, 0.15) is 0 Å². The monoisotopic (exact) mass is 386 g/mol. The third-order valence-electron chi connectivity index (χ3n) is 5.12. The van der Waals surface area contributed by atoms with E-state index >= 15 is 0 Å². The Morgan fingerprint density at radius 3 is 1.26 bits per heavy atom. The van der Waals surface area contributed by atoms with Crippen LogP contribution in [0, 0.1) is 5.92 Å². The van der Waals surface area contributed by atoms with E-state index in [1.165, 1.54) is 77.0 Å². The van der Waals surface area contributed by atoms with E-state index in [9.17, 15) is 0 Å². The molecule has 0 aliphatic rings. The SMILES string of the molecule is CCCCCCOCCC(CCOCCCCCC)COCCCCCC. The highest BCUT2D eigenvalue weighted by molar-refractivity contribution is 4.59. The molecular weight excluding hydrogens is 336 g/mol. The van der Waals surface area contributed by atoms with Crippen LogP contribution in [-0.4, -0.2) is 39.6 Å². The maximum absolute atomic E-state index is 5.95. The Morgan fingerprint density at radius 1 is 0.444 bits per heavy atom. The number of ether oxygens (including phenoxy) is 3. The van der Waals surface area contributed by atoms with Gasteiger partial charge >= 0.3 is 0 Å². The first-order valence-corrected chi connectivity index (χ1v) is 12.1. The van der Waals surface area contributed by atoms with Crippen molar-refractivity contribution in [3.05, 3.63) is 0 Å². The summed E-state index contributed by atoms with van der Waals surface area (Å²) < 4.78 is 17.6. The van der Waals surface area contributed by atoms with Crippen LogP contribution in [-0.2, 0) is 14.2 Å². The predicted octanol–water partition coefficient (Wildman–Crippen LogP) is 7.17. The van der Waals surface area contributed by atoms with Crippen LogP contribution >= 0.6 is 0 Å². The summed E-state index contributed by atoms with van der Waals surface area (Å²) in [6.07, 6.45) is 17.5. The smallest absolute Gasteiger partial charge is 0.0495 e. The minimum atomic E-state index is 0.572. The van der Waals surface area contributed by atoms with E-state index in [0.29, 0.717) is 5.92 Å². The van der Waals surface area contributed by atoms with E-state index in [0.717, 1.165) is 52.5 Å². The lowest BCUT2D eigenvalue weighted by Gasteiger charge is -2.17. The maximum atomic E-state index is 5.95. The van der Waals surface area contributed by atoms with Crippen molar-refractivity contribution in [1.82, 2.24) is 0 Å². The summed E-state index contributed by atoms with van der Waals surface area (Å²) in [6, 6.07) is 0. The quantitative estimate of drug-likeness (QED) is 0.174. The fourth-order valence-corrected chi connectivity index (χ4v) is 3.16. The van der Waals surface area contributed by atoms with E-state index < -0.39 is 0 Å². The summed E-state index contributed by atoms with van der Waals surface area (Å²) in [4.78, 5) is 0. The fourth-order valence-electron chi connectivity index (χ4n) is 3.16. The van der Waals surface area contributed by atoms with Gasteiger partial charge in [-0.05, 0) is 38.0 Å². The van der Waals surface area contributed by atoms with Crippen LogP contribution in [0.15, 0.2) is 0 Å². The van der Waals surface area contributed by atoms with Gasteiger partial charge in [0.25, 0.3) is 0 Å². The molecule has 0 unspecified atom stereocenters. The lowest BCUT2D eigenvalue weighted by Crippen LogP contribution is -2.16. The second kappa shape index (κ2) is 23.9. The van der Waals surface area contributed by atoms with E-state index in [1.807, 2.05) is 0 Å². The summed E-state index contributed by atoms with van der Waals surface area (Å²) in [5.41, 5.74) is 0. The molecule has 3 heteroatoms. The minimum absolute atomic E-state index is 0.572. The minimum Gasteiger partial charge on any atom is -0.381 e. The molecule has 0 aromatic heterocycles. The molecule has 0 fully saturated rings. The van der Waals surface area contributed by atoms with Crippen molar-refractivity contribution in [2.45, 2.75) is 111 Å². The Hall–Kier alpha value is -0.120. The molecule has 0 heterocycles. The molecule has 0 radical (unpaired) electrons. The molecule has 0 spiro atoms. The van der Waals surface area contributed by atoms with Crippen LogP contribution < -0.4 is 0 Å². The van der Waals surface area contributed by atoms with Crippen LogP contribution in [0.4, 0.5) is 0 Å². The molecule has 0 aliphatic heterocycles. The average molecular weight is 387 g/mol. The van der Waals surface area contributed by atoms with Gasteiger partial charge in [-0.15, -0.1) is 0 Å². The Bertz CT molecular complexity index is 240. The Kier molecular flexibility index (Phi) is 23.8. The first-order chi connectivity index (χ1) is 13.3. The zero-order valence-corrected chi connectivity index (χ0v) is 18.9. The standard InChI is InChI=1S/C24H50O3/c1-4-7-10-13-18-25-21-16-24(23-27-20-15-12-9-6-3)17-22-26-19-14-11-8-5-2/h24H,4-23H2,1-3H3. The van der Waals surface area contributed by atoms with Crippen LogP contribution in [0.5, 0.6) is 0 Å². The van der Waals surface area contributed by atoms with Gasteiger partial charge in [0.2, 0.25) is 0 Å². The second-order valence-corrected chi connectivity index (χ2v) is 7.93. The van der Waals surface area contributed by atoms with Gasteiger partial charge in [-0.2, -0.15) is 0 Å². The summed E-state index contributed by atoms with van der Waals surface area (Å²) in [5, 5.41) is 0. The van der Waals surface area contributed by atoms with Gasteiger partial charge in [-0.1, -0.05) is 78.6 Å². The van der Waals surface area contributed by atoms with Gasteiger partial charge in [0.05, 0.1) is 0 Å². The molecule has 0 N–H and O–H groups in total. The van der Waals surface area contributed by atoms with Crippen molar-refractivity contribution in [2.24, 2.45) is 5.92 Å². The number of rotatable bonds is 23. The highest BCUT2D eigenvalue weighted by Gasteiger charge is 2.09. The topological polar surface area (TPSA) is 27.7 Å². The number of hydrogen-bond acceptors (Lipinski definition) is 3. The molecular formula is C24H50O3. The Balaban J connectivity index is 3.78. The molecule has 0 saturated carbocycles. The number of unbranched alkanes of at least 4 members (excludes halogenated alkanes) is 9. The van der Waals surface area contributed by atoms with Crippen molar-refractivity contribution in [3.8, 4) is 0 Å². The molecule has 0 atom stereocenters. The maximum Gasteiger partial charge on any atom is 0.0495 e. The highest BCUT2D eigenvalue weighted by Crippen LogP contribution is 2.12. The molecule has 3 nitrogen and oxygen atoms in total. The largest absolute Gasteiger partial charge is 0.381 e.